The summed E-state index contributed by atoms with van der Waals surface area (Å²) in [6.07, 6.45) is 0. The van der Waals surface area contributed by atoms with Gasteiger partial charge >= 0.3 is 0 Å². The maximum absolute atomic E-state index is 2.49. The van der Waals surface area contributed by atoms with Crippen molar-refractivity contribution in [3.05, 3.63) is 259 Å². The lowest BCUT2D eigenvalue weighted by molar-refractivity contribution is 0.801. The fourth-order valence-corrected chi connectivity index (χ4v) is 10.3. The van der Waals surface area contributed by atoms with Crippen LogP contribution in [0.2, 0.25) is 0 Å². The van der Waals surface area contributed by atoms with Crippen molar-refractivity contribution in [1.82, 2.24) is 0 Å². The highest BCUT2D eigenvalue weighted by Crippen LogP contribution is 2.64. The summed E-state index contributed by atoms with van der Waals surface area (Å²) in [4.78, 5) is 2.39. The van der Waals surface area contributed by atoms with Crippen molar-refractivity contribution in [2.24, 2.45) is 0 Å². The van der Waals surface area contributed by atoms with Crippen LogP contribution in [0.25, 0.3) is 66.4 Å². The highest BCUT2D eigenvalue weighted by atomic mass is 15.1. The van der Waals surface area contributed by atoms with Crippen LogP contribution in [0, 0.1) is 0 Å². The van der Waals surface area contributed by atoms with E-state index in [2.05, 4.69) is 241 Å². The monoisotopic (exact) mass is 761 g/mol. The first-order valence-electron chi connectivity index (χ1n) is 20.8. The van der Waals surface area contributed by atoms with E-state index < -0.39 is 5.41 Å². The number of rotatable bonds is 6. The average Bonchev–Trinajstić information content (AvgIpc) is 3.80. The predicted octanol–water partition coefficient (Wildman–Crippen LogP) is 15.7. The first kappa shape index (κ1) is 34.3. The molecule has 1 heteroatoms. The molecule has 2 aliphatic rings. The van der Waals surface area contributed by atoms with Crippen molar-refractivity contribution >= 4 is 27.8 Å². The molecule has 0 saturated carbocycles. The minimum atomic E-state index is -0.409. The molecule has 0 aromatic heterocycles. The number of benzene rings is 10. The molecule has 1 nitrogen and oxygen atoms in total. The quantitative estimate of drug-likeness (QED) is 0.163. The Bertz CT molecular complexity index is 3110. The maximum atomic E-state index is 2.49. The van der Waals surface area contributed by atoms with E-state index in [0.29, 0.717) is 0 Å². The molecule has 0 heterocycles. The van der Waals surface area contributed by atoms with E-state index in [1.807, 2.05) is 0 Å². The largest absolute Gasteiger partial charge is 0.310 e. The summed E-state index contributed by atoms with van der Waals surface area (Å²) in [5.41, 5.74) is 20.9. The molecule has 0 radical (unpaired) electrons. The molecule has 280 valence electrons. The molecule has 60 heavy (non-hydrogen) atoms. The predicted molar refractivity (Wildman–Crippen MR) is 251 cm³/mol. The lowest BCUT2D eigenvalue weighted by Gasteiger charge is -2.31. The topological polar surface area (TPSA) is 3.24 Å². The summed E-state index contributed by atoms with van der Waals surface area (Å²) in [6, 6.07) is 87.1. The van der Waals surface area contributed by atoms with Crippen molar-refractivity contribution in [1.29, 1.82) is 0 Å². The zero-order chi connectivity index (χ0) is 39.6. The number of fused-ring (bicyclic) bond motifs is 12. The first-order valence-corrected chi connectivity index (χ1v) is 20.8. The van der Waals surface area contributed by atoms with E-state index in [-0.39, 0.29) is 0 Å². The second-order valence-corrected chi connectivity index (χ2v) is 16.0. The van der Waals surface area contributed by atoms with Crippen molar-refractivity contribution in [3.8, 4) is 55.6 Å². The molecule has 0 fully saturated rings. The fraction of sp³-hybridized carbons (Fsp3) is 0.0169. The van der Waals surface area contributed by atoms with Gasteiger partial charge in [0, 0.05) is 17.1 Å². The van der Waals surface area contributed by atoms with Crippen LogP contribution in [0.1, 0.15) is 22.3 Å². The molecule has 0 amide bonds. The van der Waals surface area contributed by atoms with Gasteiger partial charge in [-0.15, -0.1) is 0 Å². The van der Waals surface area contributed by atoms with Crippen LogP contribution in [0.3, 0.4) is 0 Å². The highest BCUT2D eigenvalue weighted by molar-refractivity contribution is 6.09. The van der Waals surface area contributed by atoms with Crippen LogP contribution in [0.4, 0.5) is 17.1 Å². The fourth-order valence-electron chi connectivity index (χ4n) is 10.3. The summed E-state index contributed by atoms with van der Waals surface area (Å²) in [5.74, 6) is 0. The van der Waals surface area contributed by atoms with E-state index in [4.69, 9.17) is 0 Å². The Kier molecular flexibility index (Phi) is 7.83. The first-order chi connectivity index (χ1) is 29.8. The average molecular weight is 762 g/mol. The zero-order valence-corrected chi connectivity index (χ0v) is 33.0. The molecule has 0 aliphatic heterocycles. The Morgan fingerprint density at radius 3 is 1.20 bits per heavy atom. The van der Waals surface area contributed by atoms with E-state index in [1.165, 1.54) is 88.7 Å². The Hall–Kier alpha value is -7.74. The third-order valence-electron chi connectivity index (χ3n) is 12.9. The van der Waals surface area contributed by atoms with Crippen LogP contribution < -0.4 is 4.90 Å². The molecule has 2 aliphatic carbocycles. The maximum Gasteiger partial charge on any atom is 0.0731 e. The van der Waals surface area contributed by atoms with Crippen molar-refractivity contribution in [2.75, 3.05) is 4.90 Å². The third kappa shape index (κ3) is 5.13. The van der Waals surface area contributed by atoms with Gasteiger partial charge in [0.1, 0.15) is 0 Å². The molecule has 0 atom stereocenters. The second-order valence-electron chi connectivity index (χ2n) is 16.0. The molecule has 0 N–H and O–H groups in total. The van der Waals surface area contributed by atoms with E-state index in [1.54, 1.807) is 0 Å². The van der Waals surface area contributed by atoms with Crippen LogP contribution >= 0.6 is 0 Å². The van der Waals surface area contributed by atoms with Crippen LogP contribution in [-0.2, 0) is 5.41 Å². The van der Waals surface area contributed by atoms with Gasteiger partial charge in [-0.3, -0.25) is 0 Å². The highest BCUT2D eigenvalue weighted by Gasteiger charge is 2.52. The summed E-state index contributed by atoms with van der Waals surface area (Å²) >= 11 is 0. The minimum Gasteiger partial charge on any atom is -0.310 e. The SMILES string of the molecule is c1ccc(-c2ccc(N(c3ccc(-c4ccccc4)cc3)c3cccc(-c4cc5c(c6ccccc46)C4(c6ccccc6-c6ccccc64)c4ccccc4-5)c3)cc2)cc1. The van der Waals surface area contributed by atoms with Gasteiger partial charge in [-0.2, -0.15) is 0 Å². The van der Waals surface area contributed by atoms with Gasteiger partial charge in [0.05, 0.1) is 5.41 Å². The lowest BCUT2D eigenvalue weighted by atomic mass is 9.69. The van der Waals surface area contributed by atoms with Crippen LogP contribution in [0.15, 0.2) is 237 Å². The molecule has 0 saturated heterocycles. The minimum absolute atomic E-state index is 0.409. The van der Waals surface area contributed by atoms with Crippen LogP contribution in [0.5, 0.6) is 0 Å². The smallest absolute Gasteiger partial charge is 0.0731 e. The Balaban J connectivity index is 1.05. The lowest BCUT2D eigenvalue weighted by Crippen LogP contribution is -2.26. The Morgan fingerprint density at radius 1 is 0.250 bits per heavy atom. The summed E-state index contributed by atoms with van der Waals surface area (Å²) < 4.78 is 0. The van der Waals surface area contributed by atoms with Crippen molar-refractivity contribution in [2.45, 2.75) is 5.41 Å². The third-order valence-corrected chi connectivity index (χ3v) is 12.9. The Labute approximate surface area is 351 Å². The molecule has 12 rings (SSSR count). The van der Waals surface area contributed by atoms with E-state index in [9.17, 15) is 0 Å². The summed E-state index contributed by atoms with van der Waals surface area (Å²) in [7, 11) is 0. The summed E-state index contributed by atoms with van der Waals surface area (Å²) in [6.45, 7) is 0. The van der Waals surface area contributed by atoms with Gasteiger partial charge in [-0.25, -0.2) is 0 Å². The van der Waals surface area contributed by atoms with Gasteiger partial charge in [-0.1, -0.05) is 194 Å². The van der Waals surface area contributed by atoms with E-state index >= 15 is 0 Å². The van der Waals surface area contributed by atoms with E-state index in [0.717, 1.165) is 17.1 Å². The standard InChI is InChI=1S/C59H39N/c1-3-16-40(17-4-1)42-30-34-45(35-31-42)60(46-36-32-43(33-37-46)41-18-5-2-6-19-41)47-21-15-20-44(38-47)53-39-54-51-25-11-14-29-57(51)59(58(54)52-26-8-7-22-48(52)53)55-27-12-9-23-49(55)50-24-10-13-28-56(50)59/h1-39H. The molecule has 0 bridgehead atoms. The number of anilines is 3. The van der Waals surface area contributed by atoms with Crippen molar-refractivity contribution in [3.63, 3.8) is 0 Å². The molecular weight excluding hydrogens is 723 g/mol. The number of hydrogen-bond acceptors (Lipinski definition) is 1. The molecular formula is C59H39N. The number of nitrogens with zero attached hydrogens (tertiary/aromatic N) is 1. The zero-order valence-electron chi connectivity index (χ0n) is 33.0. The van der Waals surface area contributed by atoms with Gasteiger partial charge in [0.15, 0.2) is 0 Å². The molecule has 10 aromatic rings. The van der Waals surface area contributed by atoms with Gasteiger partial charge in [-0.05, 0) is 131 Å². The number of hydrogen-bond donors (Lipinski definition) is 0. The normalized spacial score (nSPS) is 12.8. The van der Waals surface area contributed by atoms with Gasteiger partial charge < -0.3 is 4.90 Å². The Morgan fingerprint density at radius 2 is 0.667 bits per heavy atom. The summed E-state index contributed by atoms with van der Waals surface area (Å²) in [5, 5.41) is 2.55. The molecule has 1 spiro atoms. The van der Waals surface area contributed by atoms with Gasteiger partial charge in [0.2, 0.25) is 0 Å². The van der Waals surface area contributed by atoms with Gasteiger partial charge in [0.25, 0.3) is 0 Å². The molecule has 10 aromatic carbocycles. The molecule has 0 unspecified atom stereocenters. The van der Waals surface area contributed by atoms with Crippen LogP contribution in [-0.4, -0.2) is 0 Å². The second kappa shape index (κ2) is 13.7. The van der Waals surface area contributed by atoms with Crippen molar-refractivity contribution < 1.29 is 0 Å².